The molecule has 5 aliphatic rings. The van der Waals surface area contributed by atoms with E-state index in [1.807, 2.05) is 6.08 Å². The number of benzene rings is 1. The van der Waals surface area contributed by atoms with Gasteiger partial charge in [-0.05, 0) is 84.4 Å². The summed E-state index contributed by atoms with van der Waals surface area (Å²) in [6.45, 7) is 8.26. The maximum absolute atomic E-state index is 14.9. The zero-order valence-electron chi connectivity index (χ0n) is 34.5. The van der Waals surface area contributed by atoms with Crippen molar-refractivity contribution in [2.24, 2.45) is 5.92 Å². The molecule has 328 valence electrons. The van der Waals surface area contributed by atoms with Crippen LogP contribution in [0, 0.1) is 5.92 Å². The number of hydrogen-bond donors (Lipinski definition) is 3. The molecule has 1 saturated heterocycles. The van der Waals surface area contributed by atoms with Crippen molar-refractivity contribution in [2.75, 3.05) is 19.8 Å². The molecule has 0 spiro atoms. The molecule has 2 aliphatic carbocycles. The van der Waals surface area contributed by atoms with Crippen molar-refractivity contribution in [1.82, 2.24) is 25.2 Å². The summed E-state index contributed by atoms with van der Waals surface area (Å²) >= 11 is 0. The molecule has 7 rings (SSSR count). The molecule has 3 fully saturated rings. The van der Waals surface area contributed by atoms with Crippen molar-refractivity contribution in [3.05, 3.63) is 36.5 Å². The number of fused-ring (bicyclic) bond motifs is 5. The molecule has 1 aromatic heterocycles. The third-order valence-electron chi connectivity index (χ3n) is 12.4. The largest absolute Gasteiger partial charge is 0.486 e. The van der Waals surface area contributed by atoms with Gasteiger partial charge in [0.25, 0.3) is 11.8 Å². The lowest BCUT2D eigenvalue weighted by atomic mass is 10.0. The number of ether oxygens (including phenoxy) is 5. The van der Waals surface area contributed by atoms with Crippen LogP contribution < -0.4 is 29.6 Å². The normalized spacial score (nSPS) is 29.2. The van der Waals surface area contributed by atoms with Crippen LogP contribution in [0.4, 0.5) is 13.6 Å². The van der Waals surface area contributed by atoms with E-state index >= 15 is 0 Å². The smallest absolute Gasteiger partial charge is 0.408 e. The van der Waals surface area contributed by atoms with Gasteiger partial charge in [-0.15, -0.1) is 0 Å². The average Bonchev–Trinajstić information content (AvgIpc) is 4.07. The van der Waals surface area contributed by atoms with Crippen LogP contribution in [0.15, 0.2) is 36.5 Å². The zero-order chi connectivity index (χ0) is 43.4. The average molecular weight is 862 g/mol. The van der Waals surface area contributed by atoms with Crippen LogP contribution in [0.3, 0.4) is 0 Å². The van der Waals surface area contributed by atoms with Gasteiger partial charge in [-0.3, -0.25) is 19.1 Å². The number of hydrogen-bond acceptors (Lipinski definition) is 12. The fourth-order valence-electron chi connectivity index (χ4n) is 7.77. The SMILES string of the molecule is CCC1OC(C)CCC=CC2CC2(C(=O)NS(=O)(=O)C2(C)CC2)NC(=O)C2CC(Oc3nccc4c5c(ccc34)OCCO5)CN2C(=O)C1NC(=O)OC(C)(C)C(C)(F)F. The Morgan fingerprint density at radius 3 is 2.53 bits per heavy atom. The summed E-state index contributed by atoms with van der Waals surface area (Å²) in [5, 5.41) is 6.53. The molecule has 4 heterocycles. The second-order valence-corrected chi connectivity index (χ2v) is 19.4. The summed E-state index contributed by atoms with van der Waals surface area (Å²) in [6, 6.07) is 2.37. The highest BCUT2D eigenvalue weighted by Gasteiger charge is 2.63. The number of carbonyl (C=O) groups excluding carboxylic acids is 4. The summed E-state index contributed by atoms with van der Waals surface area (Å²) in [7, 11) is -4.08. The van der Waals surface area contributed by atoms with Gasteiger partial charge in [0.05, 0.1) is 23.5 Å². The van der Waals surface area contributed by atoms with Crippen molar-refractivity contribution in [1.29, 1.82) is 0 Å². The van der Waals surface area contributed by atoms with E-state index in [2.05, 4.69) is 20.3 Å². The number of alkyl halides is 2. The van der Waals surface area contributed by atoms with Gasteiger partial charge in [0.1, 0.15) is 36.9 Å². The van der Waals surface area contributed by atoms with Crippen molar-refractivity contribution >= 4 is 44.6 Å². The number of halogens is 2. The molecule has 2 aromatic rings. The predicted octanol–water partition coefficient (Wildman–Crippen LogP) is 4.29. The van der Waals surface area contributed by atoms with Gasteiger partial charge in [0, 0.05) is 36.2 Å². The molecule has 2 saturated carbocycles. The Hall–Kier alpha value is -4.78. The Morgan fingerprint density at radius 1 is 1.10 bits per heavy atom. The van der Waals surface area contributed by atoms with Crippen molar-refractivity contribution < 1.29 is 60.1 Å². The fraction of sp³-hybridized carbons (Fsp3) is 0.634. The van der Waals surface area contributed by atoms with E-state index in [0.717, 1.165) is 13.8 Å². The van der Waals surface area contributed by atoms with Crippen LogP contribution in [0.5, 0.6) is 17.4 Å². The minimum atomic E-state index is -4.08. The number of nitrogens with zero attached hydrogens (tertiary/aromatic N) is 2. The molecule has 4 amide bonds. The lowest BCUT2D eigenvalue weighted by Crippen LogP contribution is -2.61. The highest BCUT2D eigenvalue weighted by atomic mass is 32.2. The first kappa shape index (κ1) is 43.3. The summed E-state index contributed by atoms with van der Waals surface area (Å²) in [6.07, 6.45) is 3.29. The van der Waals surface area contributed by atoms with Gasteiger partial charge in [0.2, 0.25) is 27.7 Å². The van der Waals surface area contributed by atoms with E-state index in [-0.39, 0.29) is 31.7 Å². The number of aromatic nitrogens is 1. The van der Waals surface area contributed by atoms with E-state index < -0.39 is 92.0 Å². The highest BCUT2D eigenvalue weighted by molar-refractivity contribution is 7.91. The third-order valence-corrected chi connectivity index (χ3v) is 14.5. The molecule has 19 heteroatoms. The number of rotatable bonds is 9. The molecule has 60 heavy (non-hydrogen) atoms. The Balaban J connectivity index is 1.24. The van der Waals surface area contributed by atoms with Gasteiger partial charge in [-0.2, -0.15) is 0 Å². The minimum absolute atomic E-state index is 0.0990. The molecule has 0 radical (unpaired) electrons. The van der Waals surface area contributed by atoms with Gasteiger partial charge in [-0.25, -0.2) is 27.0 Å². The molecule has 3 aliphatic heterocycles. The van der Waals surface area contributed by atoms with Gasteiger partial charge >= 0.3 is 6.09 Å². The van der Waals surface area contributed by atoms with E-state index in [0.29, 0.717) is 68.1 Å². The van der Waals surface area contributed by atoms with Crippen LogP contribution in [0.25, 0.3) is 10.8 Å². The topological polar surface area (TPSA) is 201 Å². The van der Waals surface area contributed by atoms with Crippen molar-refractivity contribution in [3.8, 4) is 17.4 Å². The maximum atomic E-state index is 14.9. The Bertz CT molecular complexity index is 2180. The summed E-state index contributed by atoms with van der Waals surface area (Å²) in [4.78, 5) is 62.6. The summed E-state index contributed by atoms with van der Waals surface area (Å²) in [5.74, 6) is -5.23. The monoisotopic (exact) mass is 861 g/mol. The van der Waals surface area contributed by atoms with Crippen LogP contribution in [0.1, 0.15) is 86.5 Å². The third kappa shape index (κ3) is 8.43. The highest BCUT2D eigenvalue weighted by Crippen LogP contribution is 2.48. The number of allylic oxidation sites excluding steroid dienone is 1. The van der Waals surface area contributed by atoms with Gasteiger partial charge in [0.15, 0.2) is 17.1 Å². The van der Waals surface area contributed by atoms with Gasteiger partial charge < -0.3 is 39.2 Å². The van der Waals surface area contributed by atoms with Crippen molar-refractivity contribution in [3.63, 3.8) is 0 Å². The molecule has 0 bridgehead atoms. The molecule has 7 unspecified atom stereocenters. The molecule has 1 aromatic carbocycles. The zero-order valence-corrected chi connectivity index (χ0v) is 35.4. The number of alkyl carbamates (subject to hydrolysis) is 1. The van der Waals surface area contributed by atoms with Crippen LogP contribution in [-0.2, 0) is 33.9 Å². The first-order valence-corrected chi connectivity index (χ1v) is 21.9. The fourth-order valence-corrected chi connectivity index (χ4v) is 9.08. The summed E-state index contributed by atoms with van der Waals surface area (Å²) in [5.41, 5.74) is -3.91. The van der Waals surface area contributed by atoms with Crippen LogP contribution in [-0.4, -0.2) is 114 Å². The predicted molar refractivity (Wildman–Crippen MR) is 212 cm³/mol. The number of carbonyl (C=O) groups is 4. The number of amides is 4. The van der Waals surface area contributed by atoms with E-state index in [9.17, 15) is 36.4 Å². The first-order valence-electron chi connectivity index (χ1n) is 20.4. The van der Waals surface area contributed by atoms with Crippen molar-refractivity contribution in [2.45, 2.75) is 139 Å². The lowest BCUT2D eigenvalue weighted by Gasteiger charge is -2.35. The maximum Gasteiger partial charge on any atom is 0.408 e. The lowest BCUT2D eigenvalue weighted by molar-refractivity contribution is -0.153. The summed E-state index contributed by atoms with van der Waals surface area (Å²) < 4.78 is 86.1. The standard InChI is InChI=1S/C41H53F2N5O11S/c1-7-29-31(45-37(52)59-38(3,4)40(6,42)43)35(50)48-22-25(58-34-27-12-13-30-32(56-19-18-55-30)26(27)14-17-44-34)20-28(48)33(49)46-41(21-24(41)11-9-8-10-23(2)57-29)36(51)47-60(53,54)39(5)15-16-39/h9,11-14,17,23-25,28-29,31H,7-8,10,15-16,18-22H2,1-6H3,(H,45,52)(H,46,49)(H,47,51). The van der Waals surface area contributed by atoms with Crippen LogP contribution in [0.2, 0.25) is 0 Å². The Kier molecular flexibility index (Phi) is 11.5. The molecule has 7 atom stereocenters. The molecular formula is C41H53F2N5O11S. The van der Waals surface area contributed by atoms with E-state index in [1.54, 1.807) is 45.0 Å². The Labute approximate surface area is 347 Å². The molecule has 3 N–H and O–H groups in total. The van der Waals surface area contributed by atoms with Crippen LogP contribution >= 0.6 is 0 Å². The van der Waals surface area contributed by atoms with E-state index in [1.165, 1.54) is 11.1 Å². The molecular weight excluding hydrogens is 809 g/mol. The van der Waals surface area contributed by atoms with Gasteiger partial charge in [-0.1, -0.05) is 19.1 Å². The Morgan fingerprint density at radius 2 is 1.83 bits per heavy atom. The molecule has 16 nitrogen and oxygen atoms in total. The quantitative estimate of drug-likeness (QED) is 0.303. The van der Waals surface area contributed by atoms with E-state index in [4.69, 9.17) is 23.7 Å². The second-order valence-electron chi connectivity index (χ2n) is 17.2. The number of sulfonamides is 1. The second kappa shape index (κ2) is 15.9. The number of pyridine rings is 1. The number of nitrogens with one attached hydrogen (secondary N) is 3. The minimum Gasteiger partial charge on any atom is -0.486 e. The first-order chi connectivity index (χ1) is 28.2.